The van der Waals surface area contributed by atoms with E-state index in [4.69, 9.17) is 16.3 Å². The third-order valence-corrected chi connectivity index (χ3v) is 6.59. The number of esters is 1. The van der Waals surface area contributed by atoms with Crippen LogP contribution in [-0.2, 0) is 4.74 Å². The Labute approximate surface area is 192 Å². The van der Waals surface area contributed by atoms with Crippen LogP contribution in [0, 0.1) is 13.8 Å². The van der Waals surface area contributed by atoms with Gasteiger partial charge in [0.2, 0.25) is 0 Å². The lowest BCUT2D eigenvalue weighted by Gasteiger charge is -2.17. The second kappa shape index (κ2) is 10.7. The molecule has 0 fully saturated rings. The third-order valence-electron chi connectivity index (χ3n) is 5.31. The van der Waals surface area contributed by atoms with Crippen LogP contribution in [0.2, 0.25) is 5.02 Å². The second-order valence-corrected chi connectivity index (χ2v) is 9.03. The number of hydrogen-bond acceptors (Lipinski definition) is 4. The van der Waals surface area contributed by atoms with Gasteiger partial charge in [-0.3, -0.25) is 4.79 Å². The molecular weight excluding hydrogens is 428 g/mol. The average molecular weight is 453 g/mol. The fraction of sp³-hybridized carbons (Fsp3) is 0.231. The summed E-state index contributed by atoms with van der Waals surface area (Å²) in [6.07, 6.45) is 0.676. The zero-order chi connectivity index (χ0) is 22.4. The van der Waals surface area contributed by atoms with Crippen LogP contribution in [0.1, 0.15) is 49.7 Å². The van der Waals surface area contributed by atoms with Crippen molar-refractivity contribution in [2.45, 2.75) is 31.1 Å². The standard InChI is InChI=1S/C26H25ClO3S/c1-17-7-8-21(15-18(17)2)25(28)24(20-5-4-6-22(27)16-20)13-14-31-23-11-9-19(10-12-23)26(29)30-3/h4-12,15-16,24H,13-14H2,1-3H3. The monoisotopic (exact) mass is 452 g/mol. The number of thioether (sulfide) groups is 1. The van der Waals surface area contributed by atoms with Gasteiger partial charge >= 0.3 is 5.97 Å². The number of Topliss-reactive ketones (excluding diaryl/α,β-unsaturated/α-hetero) is 1. The zero-order valence-electron chi connectivity index (χ0n) is 17.9. The van der Waals surface area contributed by atoms with E-state index in [1.165, 1.54) is 12.7 Å². The molecule has 1 atom stereocenters. The summed E-state index contributed by atoms with van der Waals surface area (Å²) >= 11 is 7.87. The first-order valence-corrected chi connectivity index (χ1v) is 11.4. The van der Waals surface area contributed by atoms with Gasteiger partial charge in [0, 0.05) is 21.4 Å². The molecule has 3 nitrogen and oxygen atoms in total. The van der Waals surface area contributed by atoms with Gasteiger partial charge in [0.25, 0.3) is 0 Å². The molecule has 3 aromatic rings. The van der Waals surface area contributed by atoms with Gasteiger partial charge in [-0.05, 0) is 85.2 Å². The van der Waals surface area contributed by atoms with Crippen molar-refractivity contribution in [1.82, 2.24) is 0 Å². The minimum atomic E-state index is -0.350. The number of benzene rings is 3. The Morgan fingerprint density at radius 3 is 2.29 bits per heavy atom. The van der Waals surface area contributed by atoms with Gasteiger partial charge in [-0.2, -0.15) is 0 Å². The molecule has 0 radical (unpaired) electrons. The number of hydrogen-bond donors (Lipinski definition) is 0. The van der Waals surface area contributed by atoms with Crippen LogP contribution in [0.25, 0.3) is 0 Å². The molecule has 160 valence electrons. The lowest BCUT2D eigenvalue weighted by molar-refractivity contribution is 0.0600. The number of carbonyl (C=O) groups is 2. The Morgan fingerprint density at radius 1 is 0.935 bits per heavy atom. The summed E-state index contributed by atoms with van der Waals surface area (Å²) in [6.45, 7) is 4.06. The highest BCUT2D eigenvalue weighted by atomic mass is 35.5. The SMILES string of the molecule is COC(=O)c1ccc(SCCC(C(=O)c2ccc(C)c(C)c2)c2cccc(Cl)c2)cc1. The topological polar surface area (TPSA) is 43.4 Å². The van der Waals surface area contributed by atoms with Crippen molar-refractivity contribution in [3.8, 4) is 0 Å². The minimum absolute atomic E-state index is 0.104. The maximum atomic E-state index is 13.4. The summed E-state index contributed by atoms with van der Waals surface area (Å²) in [7, 11) is 1.37. The molecule has 0 aliphatic rings. The number of methoxy groups -OCH3 is 1. The van der Waals surface area contributed by atoms with Gasteiger partial charge in [0.05, 0.1) is 12.7 Å². The molecular formula is C26H25ClO3S. The summed E-state index contributed by atoms with van der Waals surface area (Å²) in [5.41, 5.74) is 4.45. The summed E-state index contributed by atoms with van der Waals surface area (Å²) in [5.74, 6) is 0.233. The highest BCUT2D eigenvalue weighted by Crippen LogP contribution is 2.30. The Morgan fingerprint density at radius 2 is 1.65 bits per heavy atom. The molecule has 0 saturated carbocycles. The summed E-state index contributed by atoms with van der Waals surface area (Å²) in [5, 5.41) is 0.626. The van der Waals surface area contributed by atoms with E-state index in [0.717, 1.165) is 27.3 Å². The maximum absolute atomic E-state index is 13.4. The molecule has 0 amide bonds. The summed E-state index contributed by atoms with van der Waals surface area (Å²) in [6, 6.07) is 20.7. The largest absolute Gasteiger partial charge is 0.465 e. The first-order chi connectivity index (χ1) is 14.9. The van der Waals surface area contributed by atoms with Gasteiger partial charge in [0.15, 0.2) is 5.78 Å². The van der Waals surface area contributed by atoms with Crippen LogP contribution >= 0.6 is 23.4 Å². The minimum Gasteiger partial charge on any atom is -0.465 e. The van der Waals surface area contributed by atoms with Crippen molar-refractivity contribution in [2.75, 3.05) is 12.9 Å². The number of ether oxygens (including phenoxy) is 1. The first kappa shape index (κ1) is 23.1. The molecule has 0 saturated heterocycles. The normalized spacial score (nSPS) is 11.7. The van der Waals surface area contributed by atoms with Crippen molar-refractivity contribution in [3.05, 3.63) is 99.6 Å². The maximum Gasteiger partial charge on any atom is 0.337 e. The average Bonchev–Trinajstić information content (AvgIpc) is 2.78. The number of halogens is 1. The highest BCUT2D eigenvalue weighted by Gasteiger charge is 2.22. The van der Waals surface area contributed by atoms with E-state index in [9.17, 15) is 9.59 Å². The number of carbonyl (C=O) groups excluding carboxylic acids is 2. The van der Waals surface area contributed by atoms with E-state index in [1.807, 2.05) is 68.4 Å². The van der Waals surface area contributed by atoms with E-state index in [-0.39, 0.29) is 17.7 Å². The van der Waals surface area contributed by atoms with Crippen LogP contribution < -0.4 is 0 Å². The Hall–Kier alpha value is -2.56. The van der Waals surface area contributed by atoms with E-state index in [2.05, 4.69) is 0 Å². The number of ketones is 1. The lowest BCUT2D eigenvalue weighted by atomic mass is 9.87. The van der Waals surface area contributed by atoms with Crippen LogP contribution in [0.15, 0.2) is 71.6 Å². The highest BCUT2D eigenvalue weighted by molar-refractivity contribution is 7.99. The molecule has 5 heteroatoms. The second-order valence-electron chi connectivity index (χ2n) is 7.42. The molecule has 0 heterocycles. The van der Waals surface area contributed by atoms with Crippen molar-refractivity contribution in [2.24, 2.45) is 0 Å². The van der Waals surface area contributed by atoms with Gasteiger partial charge in [-0.15, -0.1) is 11.8 Å². The third kappa shape index (κ3) is 5.99. The molecule has 31 heavy (non-hydrogen) atoms. The van der Waals surface area contributed by atoms with Gasteiger partial charge in [-0.1, -0.05) is 35.9 Å². The molecule has 0 bridgehead atoms. The molecule has 0 aliphatic heterocycles. The van der Waals surface area contributed by atoms with Crippen molar-refractivity contribution in [1.29, 1.82) is 0 Å². The zero-order valence-corrected chi connectivity index (χ0v) is 19.4. The van der Waals surface area contributed by atoms with Crippen molar-refractivity contribution in [3.63, 3.8) is 0 Å². The van der Waals surface area contributed by atoms with E-state index >= 15 is 0 Å². The van der Waals surface area contributed by atoms with Crippen molar-refractivity contribution < 1.29 is 14.3 Å². The predicted molar refractivity (Wildman–Crippen MR) is 128 cm³/mol. The van der Waals surface area contributed by atoms with E-state index in [0.29, 0.717) is 17.0 Å². The lowest BCUT2D eigenvalue weighted by Crippen LogP contribution is -2.14. The molecule has 3 aromatic carbocycles. The fourth-order valence-electron chi connectivity index (χ4n) is 3.37. The number of aryl methyl sites for hydroxylation is 2. The van der Waals surface area contributed by atoms with Crippen LogP contribution in [-0.4, -0.2) is 24.6 Å². The van der Waals surface area contributed by atoms with Crippen LogP contribution in [0.4, 0.5) is 0 Å². The molecule has 1 unspecified atom stereocenters. The molecule has 0 aliphatic carbocycles. The molecule has 0 spiro atoms. The van der Waals surface area contributed by atoms with Crippen molar-refractivity contribution >= 4 is 35.1 Å². The van der Waals surface area contributed by atoms with Gasteiger partial charge < -0.3 is 4.74 Å². The Balaban J connectivity index is 1.76. The molecule has 0 N–H and O–H groups in total. The molecule has 0 aromatic heterocycles. The summed E-state index contributed by atoms with van der Waals surface area (Å²) in [4.78, 5) is 26.0. The van der Waals surface area contributed by atoms with Gasteiger partial charge in [-0.25, -0.2) is 4.79 Å². The van der Waals surface area contributed by atoms with E-state index < -0.39 is 0 Å². The Bertz CT molecular complexity index is 1080. The predicted octanol–water partition coefficient (Wildman–Crippen LogP) is 6.89. The number of rotatable bonds is 8. The van der Waals surface area contributed by atoms with Gasteiger partial charge in [0.1, 0.15) is 0 Å². The summed E-state index contributed by atoms with van der Waals surface area (Å²) < 4.78 is 4.74. The smallest absolute Gasteiger partial charge is 0.337 e. The van der Waals surface area contributed by atoms with Crippen LogP contribution in [0.3, 0.4) is 0 Å². The van der Waals surface area contributed by atoms with E-state index in [1.54, 1.807) is 23.9 Å². The first-order valence-electron chi connectivity index (χ1n) is 10.1. The molecule has 3 rings (SSSR count). The quantitative estimate of drug-likeness (QED) is 0.212. The Kier molecular flexibility index (Phi) is 7.94. The van der Waals surface area contributed by atoms with Crippen LogP contribution in [0.5, 0.6) is 0 Å². The fourth-order valence-corrected chi connectivity index (χ4v) is 4.48.